The number of rotatable bonds is 2. The van der Waals surface area contributed by atoms with Crippen LogP contribution in [0.1, 0.15) is 0 Å². The van der Waals surface area contributed by atoms with Crippen LogP contribution in [0.5, 0.6) is 5.88 Å². The molecule has 2 aromatic heterocycles. The lowest BCUT2D eigenvalue weighted by Crippen LogP contribution is -1.97. The monoisotopic (exact) mass is 204 g/mol. The molecule has 2 heterocycles. The van der Waals surface area contributed by atoms with E-state index >= 15 is 0 Å². The van der Waals surface area contributed by atoms with E-state index in [1.165, 1.54) is 0 Å². The molecule has 15 heavy (non-hydrogen) atoms. The van der Waals surface area contributed by atoms with E-state index in [9.17, 15) is 0 Å². The Morgan fingerprint density at radius 3 is 2.67 bits per heavy atom. The lowest BCUT2D eigenvalue weighted by Gasteiger charge is -2.04. The van der Waals surface area contributed by atoms with E-state index in [1.54, 1.807) is 17.9 Å². The Balaban J connectivity index is 2.45. The van der Waals surface area contributed by atoms with Gasteiger partial charge in [-0.2, -0.15) is 5.10 Å². The Morgan fingerprint density at radius 2 is 2.07 bits per heavy atom. The highest BCUT2D eigenvalue weighted by atomic mass is 16.5. The number of hydrogen-bond donors (Lipinski definition) is 1. The minimum atomic E-state index is 0.429. The zero-order valence-corrected chi connectivity index (χ0v) is 8.64. The Bertz CT molecular complexity index is 478. The number of anilines is 1. The lowest BCUT2D eigenvalue weighted by atomic mass is 10.2. The smallest absolute Gasteiger partial charge is 0.237 e. The van der Waals surface area contributed by atoms with Gasteiger partial charge in [-0.1, -0.05) is 0 Å². The molecule has 5 nitrogen and oxygen atoms in total. The van der Waals surface area contributed by atoms with Crippen molar-refractivity contribution in [1.82, 2.24) is 14.8 Å². The third-order valence-corrected chi connectivity index (χ3v) is 2.06. The van der Waals surface area contributed by atoms with Gasteiger partial charge in [0.25, 0.3) is 0 Å². The van der Waals surface area contributed by atoms with Crippen LogP contribution in [-0.4, -0.2) is 21.9 Å². The van der Waals surface area contributed by atoms with Crippen LogP contribution in [0.25, 0.3) is 11.4 Å². The molecule has 0 saturated carbocycles. The summed E-state index contributed by atoms with van der Waals surface area (Å²) in [4.78, 5) is 4.25. The van der Waals surface area contributed by atoms with Crippen LogP contribution in [0.2, 0.25) is 0 Å². The van der Waals surface area contributed by atoms with Gasteiger partial charge in [-0.05, 0) is 18.2 Å². The topological polar surface area (TPSA) is 66.0 Å². The second-order valence-electron chi connectivity index (χ2n) is 3.17. The van der Waals surface area contributed by atoms with Crippen molar-refractivity contribution in [2.45, 2.75) is 0 Å². The van der Waals surface area contributed by atoms with Crippen LogP contribution in [0.4, 0.5) is 5.69 Å². The molecule has 5 heteroatoms. The normalized spacial score (nSPS) is 10.3. The van der Waals surface area contributed by atoms with Crippen molar-refractivity contribution in [3.05, 3.63) is 24.4 Å². The SMILES string of the molecule is COc1nc(-c2ccn(C)n2)ccc1N. The van der Waals surface area contributed by atoms with Gasteiger partial charge in [0.1, 0.15) is 5.69 Å². The molecule has 2 aromatic rings. The maximum Gasteiger partial charge on any atom is 0.237 e. The van der Waals surface area contributed by atoms with Crippen LogP contribution >= 0.6 is 0 Å². The summed E-state index contributed by atoms with van der Waals surface area (Å²) in [5, 5.41) is 4.24. The van der Waals surface area contributed by atoms with Gasteiger partial charge in [0.2, 0.25) is 5.88 Å². The van der Waals surface area contributed by atoms with Crippen molar-refractivity contribution in [2.75, 3.05) is 12.8 Å². The molecule has 0 fully saturated rings. The third kappa shape index (κ3) is 1.76. The van der Waals surface area contributed by atoms with Gasteiger partial charge in [0.05, 0.1) is 18.5 Å². The van der Waals surface area contributed by atoms with Crippen LogP contribution < -0.4 is 10.5 Å². The summed E-state index contributed by atoms with van der Waals surface area (Å²) in [7, 11) is 3.40. The Morgan fingerprint density at radius 1 is 1.27 bits per heavy atom. The Kier molecular flexibility index (Phi) is 2.29. The minimum Gasteiger partial charge on any atom is -0.480 e. The predicted octanol–water partition coefficient (Wildman–Crippen LogP) is 1.07. The van der Waals surface area contributed by atoms with Crippen LogP contribution in [0, 0.1) is 0 Å². The van der Waals surface area contributed by atoms with Crippen LogP contribution in [-0.2, 0) is 7.05 Å². The van der Waals surface area contributed by atoms with Gasteiger partial charge in [-0.25, -0.2) is 4.98 Å². The highest BCUT2D eigenvalue weighted by Gasteiger charge is 2.06. The number of ether oxygens (including phenoxy) is 1. The fourth-order valence-corrected chi connectivity index (χ4v) is 1.31. The molecule has 0 aromatic carbocycles. The molecule has 0 radical (unpaired) electrons. The molecule has 0 spiro atoms. The predicted molar refractivity (Wildman–Crippen MR) is 57.4 cm³/mol. The van der Waals surface area contributed by atoms with E-state index in [2.05, 4.69) is 10.1 Å². The maximum atomic E-state index is 5.67. The molecule has 78 valence electrons. The maximum absolute atomic E-state index is 5.67. The summed E-state index contributed by atoms with van der Waals surface area (Å²) < 4.78 is 6.77. The number of nitrogens with zero attached hydrogens (tertiary/aromatic N) is 3. The van der Waals surface area contributed by atoms with E-state index in [-0.39, 0.29) is 0 Å². The first-order chi connectivity index (χ1) is 7.20. The fraction of sp³-hybridized carbons (Fsp3) is 0.200. The molecule has 0 atom stereocenters. The van der Waals surface area contributed by atoms with E-state index in [4.69, 9.17) is 10.5 Å². The van der Waals surface area contributed by atoms with E-state index < -0.39 is 0 Å². The molecule has 0 saturated heterocycles. The van der Waals surface area contributed by atoms with Crippen molar-refractivity contribution in [3.8, 4) is 17.3 Å². The van der Waals surface area contributed by atoms with Crippen molar-refractivity contribution in [2.24, 2.45) is 7.05 Å². The molecule has 0 aliphatic heterocycles. The Labute approximate surface area is 87.5 Å². The van der Waals surface area contributed by atoms with Crippen molar-refractivity contribution in [3.63, 3.8) is 0 Å². The average molecular weight is 204 g/mol. The van der Waals surface area contributed by atoms with Gasteiger partial charge in [0.15, 0.2) is 0 Å². The van der Waals surface area contributed by atoms with Crippen molar-refractivity contribution < 1.29 is 4.74 Å². The summed E-state index contributed by atoms with van der Waals surface area (Å²) in [6.45, 7) is 0. The number of pyridine rings is 1. The minimum absolute atomic E-state index is 0.429. The fourth-order valence-electron chi connectivity index (χ4n) is 1.31. The molecular weight excluding hydrogens is 192 g/mol. The number of nitrogen functional groups attached to an aromatic ring is 1. The van der Waals surface area contributed by atoms with Gasteiger partial charge in [-0.3, -0.25) is 4.68 Å². The van der Waals surface area contributed by atoms with Crippen molar-refractivity contribution in [1.29, 1.82) is 0 Å². The summed E-state index contributed by atoms with van der Waals surface area (Å²) in [6, 6.07) is 5.47. The van der Waals surface area contributed by atoms with Crippen LogP contribution in [0.3, 0.4) is 0 Å². The summed E-state index contributed by atoms with van der Waals surface area (Å²) in [5.74, 6) is 0.429. The molecule has 0 aliphatic rings. The third-order valence-electron chi connectivity index (χ3n) is 2.06. The zero-order valence-electron chi connectivity index (χ0n) is 8.64. The zero-order chi connectivity index (χ0) is 10.8. The van der Waals surface area contributed by atoms with Gasteiger partial charge >= 0.3 is 0 Å². The van der Waals surface area contributed by atoms with E-state index in [0.29, 0.717) is 11.6 Å². The number of aromatic nitrogens is 3. The largest absolute Gasteiger partial charge is 0.480 e. The summed E-state index contributed by atoms with van der Waals surface area (Å²) >= 11 is 0. The number of methoxy groups -OCH3 is 1. The molecule has 0 amide bonds. The first-order valence-electron chi connectivity index (χ1n) is 4.51. The van der Waals surface area contributed by atoms with Crippen LogP contribution in [0.15, 0.2) is 24.4 Å². The second-order valence-corrected chi connectivity index (χ2v) is 3.17. The molecule has 2 N–H and O–H groups in total. The first-order valence-corrected chi connectivity index (χ1v) is 4.51. The van der Waals surface area contributed by atoms with Gasteiger partial charge < -0.3 is 10.5 Å². The molecule has 0 unspecified atom stereocenters. The van der Waals surface area contributed by atoms with Gasteiger partial charge in [-0.15, -0.1) is 0 Å². The molecular formula is C10H12N4O. The quantitative estimate of drug-likeness (QED) is 0.794. The lowest BCUT2D eigenvalue weighted by molar-refractivity contribution is 0.401. The molecule has 0 aliphatic carbocycles. The molecule has 2 rings (SSSR count). The van der Waals surface area contributed by atoms with Crippen molar-refractivity contribution >= 4 is 5.69 Å². The van der Waals surface area contributed by atoms with E-state index in [0.717, 1.165) is 11.4 Å². The summed E-state index contributed by atoms with van der Waals surface area (Å²) in [6.07, 6.45) is 1.86. The highest BCUT2D eigenvalue weighted by molar-refractivity contribution is 5.60. The summed E-state index contributed by atoms with van der Waals surface area (Å²) in [5.41, 5.74) is 7.75. The first kappa shape index (κ1) is 9.51. The average Bonchev–Trinajstić information content (AvgIpc) is 2.66. The molecule has 0 bridgehead atoms. The van der Waals surface area contributed by atoms with E-state index in [1.807, 2.05) is 25.4 Å². The van der Waals surface area contributed by atoms with Gasteiger partial charge in [0, 0.05) is 13.2 Å². The number of aryl methyl sites for hydroxylation is 1. The second kappa shape index (κ2) is 3.61. The number of hydrogen-bond acceptors (Lipinski definition) is 4. The number of nitrogens with two attached hydrogens (primary N) is 1. The standard InChI is InChI=1S/C10H12N4O/c1-14-6-5-9(13-14)8-4-3-7(11)10(12-8)15-2/h3-6H,11H2,1-2H3. The Hall–Kier alpha value is -2.04. The highest BCUT2D eigenvalue weighted by Crippen LogP contribution is 2.23.